The first-order valence-corrected chi connectivity index (χ1v) is 6.08. The van der Waals surface area contributed by atoms with Gasteiger partial charge in [-0.3, -0.25) is 10.1 Å². The minimum Gasteiger partial charge on any atom is -0.308 e. The molecule has 3 amide bonds. The third kappa shape index (κ3) is 3.43. The van der Waals surface area contributed by atoms with Gasteiger partial charge in [0.1, 0.15) is 17.2 Å². The summed E-state index contributed by atoms with van der Waals surface area (Å²) in [6.45, 7) is 0. The predicted octanol–water partition coefficient (Wildman–Crippen LogP) is 2.80. The molecule has 2 rings (SSSR count). The highest BCUT2D eigenvalue weighted by molar-refractivity contribution is 6.08. The van der Waals surface area contributed by atoms with Crippen LogP contribution < -0.4 is 10.6 Å². The van der Waals surface area contributed by atoms with Crippen molar-refractivity contribution >= 4 is 17.6 Å². The molecule has 0 bridgehead atoms. The minimum absolute atomic E-state index is 0.318. The van der Waals surface area contributed by atoms with Crippen molar-refractivity contribution in [3.63, 3.8) is 0 Å². The van der Waals surface area contributed by atoms with E-state index in [2.05, 4.69) is 5.32 Å². The minimum atomic E-state index is -1.19. The number of imide groups is 1. The van der Waals surface area contributed by atoms with Crippen molar-refractivity contribution in [2.45, 2.75) is 0 Å². The molecule has 0 atom stereocenters. The molecule has 0 heterocycles. The van der Waals surface area contributed by atoms with E-state index in [9.17, 15) is 18.4 Å². The van der Waals surface area contributed by atoms with Crippen molar-refractivity contribution in [2.24, 2.45) is 0 Å². The Morgan fingerprint density at radius 2 is 1.59 bits per heavy atom. The molecule has 2 aromatic carbocycles. The lowest BCUT2D eigenvalue weighted by Gasteiger charge is -2.08. The molecule has 0 saturated carbocycles. The Balaban J connectivity index is 2.05. The van der Waals surface area contributed by atoms with Crippen molar-refractivity contribution in [1.82, 2.24) is 5.32 Å². The molecule has 2 aromatic rings. The molecule has 22 heavy (non-hydrogen) atoms. The molecule has 0 spiro atoms. The van der Waals surface area contributed by atoms with Crippen LogP contribution in [0.4, 0.5) is 19.3 Å². The summed E-state index contributed by atoms with van der Waals surface area (Å²) in [7, 11) is 0. The molecule has 0 radical (unpaired) electrons. The van der Waals surface area contributed by atoms with E-state index in [1.54, 1.807) is 0 Å². The number of amides is 3. The highest BCUT2D eigenvalue weighted by Crippen LogP contribution is 2.12. The third-order valence-corrected chi connectivity index (χ3v) is 2.69. The maximum absolute atomic E-state index is 13.4. The monoisotopic (exact) mass is 301 g/mol. The lowest BCUT2D eigenvalue weighted by Crippen LogP contribution is -2.35. The smallest absolute Gasteiger partial charge is 0.308 e. The molecular formula is C15H9F2N3O2. The van der Waals surface area contributed by atoms with Crippen molar-refractivity contribution in [1.29, 1.82) is 5.26 Å². The Bertz CT molecular complexity index is 747. The lowest BCUT2D eigenvalue weighted by atomic mass is 10.2. The van der Waals surface area contributed by atoms with Crippen LogP contribution in [0.2, 0.25) is 0 Å². The standard InChI is InChI=1S/C15H9F2N3O2/c16-11-2-1-3-12(17)13(11)14(21)20-15(22)19-10-6-4-9(8-18)5-7-10/h1-7H,(H2,19,20,21,22). The normalized spacial score (nSPS) is 9.68. The Labute approximate surface area is 124 Å². The maximum Gasteiger partial charge on any atom is 0.326 e. The SMILES string of the molecule is N#Cc1ccc(NC(=O)NC(=O)c2c(F)cccc2F)cc1. The van der Waals surface area contributed by atoms with Crippen LogP contribution in [-0.4, -0.2) is 11.9 Å². The first kappa shape index (κ1) is 15.1. The van der Waals surface area contributed by atoms with E-state index in [-0.39, 0.29) is 0 Å². The second-order valence-corrected chi connectivity index (χ2v) is 4.19. The quantitative estimate of drug-likeness (QED) is 0.894. The fourth-order valence-corrected chi connectivity index (χ4v) is 1.67. The number of carbonyl (C=O) groups is 2. The Hall–Kier alpha value is -3.27. The van der Waals surface area contributed by atoms with Crippen LogP contribution in [0.1, 0.15) is 15.9 Å². The highest BCUT2D eigenvalue weighted by Gasteiger charge is 2.19. The van der Waals surface area contributed by atoms with Gasteiger partial charge in [0, 0.05) is 5.69 Å². The van der Waals surface area contributed by atoms with Crippen LogP contribution in [0.25, 0.3) is 0 Å². The van der Waals surface area contributed by atoms with Gasteiger partial charge in [-0.1, -0.05) is 6.07 Å². The van der Waals surface area contributed by atoms with Gasteiger partial charge in [-0.05, 0) is 36.4 Å². The predicted molar refractivity (Wildman–Crippen MR) is 74.0 cm³/mol. The van der Waals surface area contributed by atoms with Gasteiger partial charge in [0.2, 0.25) is 0 Å². The summed E-state index contributed by atoms with van der Waals surface area (Å²) >= 11 is 0. The molecular weight excluding hydrogens is 292 g/mol. The van der Waals surface area contributed by atoms with Gasteiger partial charge < -0.3 is 5.32 Å². The zero-order valence-corrected chi connectivity index (χ0v) is 11.1. The molecule has 2 N–H and O–H groups in total. The van der Waals surface area contributed by atoms with Gasteiger partial charge in [0.05, 0.1) is 11.6 Å². The number of halogens is 2. The average molecular weight is 301 g/mol. The van der Waals surface area contributed by atoms with Crippen molar-refractivity contribution < 1.29 is 18.4 Å². The van der Waals surface area contributed by atoms with Crippen LogP contribution >= 0.6 is 0 Å². The molecule has 0 saturated heterocycles. The van der Waals surface area contributed by atoms with Crippen LogP contribution in [0.5, 0.6) is 0 Å². The van der Waals surface area contributed by atoms with Crippen molar-refractivity contribution in [2.75, 3.05) is 5.32 Å². The molecule has 5 nitrogen and oxygen atoms in total. The molecule has 0 unspecified atom stereocenters. The van der Waals surface area contributed by atoms with Crippen LogP contribution in [0.3, 0.4) is 0 Å². The highest BCUT2D eigenvalue weighted by atomic mass is 19.1. The summed E-state index contributed by atoms with van der Waals surface area (Å²) in [6, 6.07) is 9.73. The second kappa shape index (κ2) is 6.45. The van der Waals surface area contributed by atoms with Gasteiger partial charge in [0.15, 0.2) is 0 Å². The summed E-state index contributed by atoms with van der Waals surface area (Å²) in [5.74, 6) is -3.32. The summed E-state index contributed by atoms with van der Waals surface area (Å²) in [6.07, 6.45) is 0. The molecule has 0 aromatic heterocycles. The third-order valence-electron chi connectivity index (χ3n) is 2.69. The first-order valence-electron chi connectivity index (χ1n) is 6.08. The largest absolute Gasteiger partial charge is 0.326 e. The molecule has 110 valence electrons. The van der Waals surface area contributed by atoms with E-state index in [1.807, 2.05) is 11.4 Å². The fourth-order valence-electron chi connectivity index (χ4n) is 1.67. The number of anilines is 1. The second-order valence-electron chi connectivity index (χ2n) is 4.19. The summed E-state index contributed by atoms with van der Waals surface area (Å²) in [4.78, 5) is 23.3. The van der Waals surface area contributed by atoms with Crippen LogP contribution in [-0.2, 0) is 0 Å². The van der Waals surface area contributed by atoms with Gasteiger partial charge in [0.25, 0.3) is 5.91 Å². The van der Waals surface area contributed by atoms with Gasteiger partial charge in [-0.15, -0.1) is 0 Å². The number of nitrogens with one attached hydrogen (secondary N) is 2. The number of benzene rings is 2. The molecule has 0 aliphatic carbocycles. The number of hydrogen-bond acceptors (Lipinski definition) is 3. The van der Waals surface area contributed by atoms with E-state index in [0.717, 1.165) is 18.2 Å². The van der Waals surface area contributed by atoms with Gasteiger partial charge >= 0.3 is 6.03 Å². The summed E-state index contributed by atoms with van der Waals surface area (Å²) in [5.41, 5.74) is -0.119. The number of hydrogen-bond donors (Lipinski definition) is 2. The zero-order chi connectivity index (χ0) is 16.1. The van der Waals surface area contributed by atoms with Crippen LogP contribution in [0.15, 0.2) is 42.5 Å². The topological polar surface area (TPSA) is 82.0 Å². The van der Waals surface area contributed by atoms with Crippen molar-refractivity contribution in [3.8, 4) is 6.07 Å². The Kier molecular flexibility index (Phi) is 4.44. The van der Waals surface area contributed by atoms with Crippen molar-refractivity contribution in [3.05, 3.63) is 65.2 Å². The number of nitriles is 1. The van der Waals surface area contributed by atoms with E-state index < -0.39 is 29.1 Å². The van der Waals surface area contributed by atoms with Gasteiger partial charge in [-0.25, -0.2) is 13.6 Å². The fraction of sp³-hybridized carbons (Fsp3) is 0. The molecule has 0 aliphatic rings. The van der Waals surface area contributed by atoms with E-state index in [1.165, 1.54) is 24.3 Å². The Morgan fingerprint density at radius 3 is 2.14 bits per heavy atom. The number of nitrogens with zero attached hydrogens (tertiary/aromatic N) is 1. The number of carbonyl (C=O) groups excluding carboxylic acids is 2. The van der Waals surface area contributed by atoms with E-state index in [0.29, 0.717) is 11.3 Å². The van der Waals surface area contributed by atoms with Crippen LogP contribution in [0, 0.1) is 23.0 Å². The zero-order valence-electron chi connectivity index (χ0n) is 11.1. The van der Waals surface area contributed by atoms with Gasteiger partial charge in [-0.2, -0.15) is 5.26 Å². The molecule has 0 aliphatic heterocycles. The number of rotatable bonds is 2. The molecule has 0 fully saturated rings. The Morgan fingerprint density at radius 1 is 1.00 bits per heavy atom. The summed E-state index contributed by atoms with van der Waals surface area (Å²) in [5, 5.41) is 12.8. The maximum atomic E-state index is 13.4. The first-order chi connectivity index (χ1) is 10.5. The average Bonchev–Trinajstić information content (AvgIpc) is 2.47. The van der Waals surface area contributed by atoms with E-state index >= 15 is 0 Å². The van der Waals surface area contributed by atoms with E-state index in [4.69, 9.17) is 5.26 Å². The lowest BCUT2D eigenvalue weighted by molar-refractivity contribution is 0.0959. The number of urea groups is 1. The summed E-state index contributed by atoms with van der Waals surface area (Å²) < 4.78 is 26.8. The molecule has 7 heteroatoms.